The molecule has 0 unspecified atom stereocenters. The van der Waals surface area contributed by atoms with Crippen LogP contribution in [0.25, 0.3) is 11.3 Å². The van der Waals surface area contributed by atoms with Crippen molar-refractivity contribution in [2.45, 2.75) is 38.6 Å². The molecule has 1 atom stereocenters. The molecule has 0 amide bonds. The Morgan fingerprint density at radius 1 is 1.25 bits per heavy atom. The lowest BCUT2D eigenvalue weighted by Crippen LogP contribution is -2.20. The van der Waals surface area contributed by atoms with Gasteiger partial charge in [-0.1, -0.05) is 5.16 Å². The van der Waals surface area contributed by atoms with E-state index in [1.807, 2.05) is 0 Å². The van der Waals surface area contributed by atoms with Crippen LogP contribution in [0.2, 0.25) is 0 Å². The predicted octanol–water partition coefficient (Wildman–Crippen LogP) is 4.03. The van der Waals surface area contributed by atoms with Gasteiger partial charge in [-0.15, -0.1) is 0 Å². The van der Waals surface area contributed by atoms with E-state index in [0.717, 1.165) is 12.3 Å². The highest BCUT2D eigenvalue weighted by atomic mass is 32.2. The summed E-state index contributed by atoms with van der Waals surface area (Å²) in [5, 5.41) is 3.75. The van der Waals surface area contributed by atoms with Crippen molar-refractivity contribution in [3.63, 3.8) is 0 Å². The van der Waals surface area contributed by atoms with Crippen LogP contribution < -0.4 is 0 Å². The lowest BCUT2D eigenvalue weighted by Gasteiger charge is -2.13. The van der Waals surface area contributed by atoms with Gasteiger partial charge in [-0.3, -0.25) is 4.98 Å². The third kappa shape index (κ3) is 4.28. The summed E-state index contributed by atoms with van der Waals surface area (Å²) >= 11 is 0. The second-order valence-corrected chi connectivity index (χ2v) is 7.95. The standard InChI is InChI=1S/C15H16F3N3O2S/c1-9(21-24(22)14(2,3)4)12-8-11(20-23-12)10-5-6-19-13(7-10)15(16,17)18/h5-8H,1-4H3/b21-9+/t24-/m0/s1. The van der Waals surface area contributed by atoms with E-state index in [1.165, 1.54) is 12.1 Å². The van der Waals surface area contributed by atoms with Crippen LogP contribution in [-0.2, 0) is 17.2 Å². The quantitative estimate of drug-likeness (QED) is 0.776. The first-order valence-corrected chi connectivity index (χ1v) is 8.07. The first kappa shape index (κ1) is 18.3. The number of nitrogens with zero attached hydrogens (tertiary/aromatic N) is 3. The molecule has 0 aliphatic rings. The Kier molecular flexibility index (Phi) is 4.93. The van der Waals surface area contributed by atoms with Gasteiger partial charge in [0.15, 0.2) is 5.76 Å². The molecule has 0 radical (unpaired) electrons. The Bertz CT molecular complexity index is 792. The van der Waals surface area contributed by atoms with Gasteiger partial charge >= 0.3 is 6.18 Å². The normalized spacial score (nSPS) is 14.7. The zero-order valence-corrected chi connectivity index (χ0v) is 14.3. The lowest BCUT2D eigenvalue weighted by atomic mass is 10.1. The molecular formula is C15H16F3N3O2S. The first-order chi connectivity index (χ1) is 11.0. The van der Waals surface area contributed by atoms with Crippen molar-refractivity contribution in [1.82, 2.24) is 10.1 Å². The molecule has 0 spiro atoms. The smallest absolute Gasteiger partial charge is 0.354 e. The molecule has 0 fully saturated rings. The van der Waals surface area contributed by atoms with Crippen molar-refractivity contribution in [3.05, 3.63) is 35.9 Å². The van der Waals surface area contributed by atoms with Crippen molar-refractivity contribution >= 4 is 16.7 Å². The van der Waals surface area contributed by atoms with Gasteiger partial charge in [-0.05, 0) is 39.8 Å². The van der Waals surface area contributed by atoms with Crippen LogP contribution in [0, 0.1) is 0 Å². The number of hydrogen-bond acceptors (Lipinski definition) is 4. The molecule has 0 bridgehead atoms. The van der Waals surface area contributed by atoms with E-state index in [0.29, 0.717) is 5.71 Å². The van der Waals surface area contributed by atoms with Crippen molar-refractivity contribution in [2.75, 3.05) is 0 Å². The largest absolute Gasteiger partial charge is 0.433 e. The SMILES string of the molecule is C/C(=N\[S@@](=O)C(C)(C)C)c1cc(-c2ccnc(C(F)(F)F)c2)no1. The third-order valence-corrected chi connectivity index (χ3v) is 4.44. The van der Waals surface area contributed by atoms with E-state index in [1.54, 1.807) is 27.7 Å². The summed E-state index contributed by atoms with van der Waals surface area (Å²) in [5.41, 5.74) is -0.220. The third-order valence-electron chi connectivity index (χ3n) is 2.96. The van der Waals surface area contributed by atoms with Crippen LogP contribution in [0.5, 0.6) is 0 Å². The molecule has 0 aliphatic heterocycles. The lowest BCUT2D eigenvalue weighted by molar-refractivity contribution is -0.141. The highest BCUT2D eigenvalue weighted by Gasteiger charge is 2.32. The summed E-state index contributed by atoms with van der Waals surface area (Å²) in [6.45, 7) is 6.94. The topological polar surface area (TPSA) is 68.3 Å². The molecular weight excluding hydrogens is 343 g/mol. The molecule has 2 aromatic heterocycles. The maximum Gasteiger partial charge on any atom is 0.433 e. The number of pyridine rings is 1. The first-order valence-electron chi connectivity index (χ1n) is 6.96. The van der Waals surface area contributed by atoms with E-state index < -0.39 is 27.6 Å². The van der Waals surface area contributed by atoms with Gasteiger partial charge in [0.2, 0.25) is 0 Å². The van der Waals surface area contributed by atoms with Gasteiger partial charge in [0.05, 0.1) is 10.5 Å². The van der Waals surface area contributed by atoms with E-state index in [9.17, 15) is 17.4 Å². The predicted molar refractivity (Wildman–Crippen MR) is 84.8 cm³/mol. The van der Waals surface area contributed by atoms with Crippen LogP contribution in [0.4, 0.5) is 13.2 Å². The minimum atomic E-state index is -4.54. The summed E-state index contributed by atoms with van der Waals surface area (Å²) in [7, 11) is -1.48. The van der Waals surface area contributed by atoms with Crippen LogP contribution in [0.15, 0.2) is 33.3 Å². The maximum atomic E-state index is 12.7. The summed E-state index contributed by atoms with van der Waals surface area (Å²) in [6, 6.07) is 3.74. The highest BCUT2D eigenvalue weighted by Crippen LogP contribution is 2.30. The van der Waals surface area contributed by atoms with Gasteiger partial charge in [-0.25, -0.2) is 4.21 Å². The molecule has 2 rings (SSSR count). The summed E-state index contributed by atoms with van der Waals surface area (Å²) < 4.78 is 58.8. The van der Waals surface area contributed by atoms with Crippen LogP contribution in [0.1, 0.15) is 39.1 Å². The van der Waals surface area contributed by atoms with Crippen molar-refractivity contribution in [3.8, 4) is 11.3 Å². The molecule has 24 heavy (non-hydrogen) atoms. The molecule has 0 N–H and O–H groups in total. The van der Waals surface area contributed by atoms with Gasteiger partial charge in [0.25, 0.3) is 0 Å². The van der Waals surface area contributed by atoms with Crippen molar-refractivity contribution in [1.29, 1.82) is 0 Å². The average molecular weight is 359 g/mol. The van der Waals surface area contributed by atoms with Crippen LogP contribution in [0.3, 0.4) is 0 Å². The fourth-order valence-electron chi connectivity index (χ4n) is 1.63. The Morgan fingerprint density at radius 2 is 1.92 bits per heavy atom. The monoisotopic (exact) mass is 359 g/mol. The van der Waals surface area contributed by atoms with Crippen LogP contribution >= 0.6 is 0 Å². The second kappa shape index (κ2) is 6.46. The molecule has 2 heterocycles. The van der Waals surface area contributed by atoms with Crippen molar-refractivity contribution < 1.29 is 21.9 Å². The van der Waals surface area contributed by atoms with E-state index in [-0.39, 0.29) is 17.0 Å². The molecule has 0 saturated heterocycles. The van der Waals surface area contributed by atoms with Crippen molar-refractivity contribution in [2.24, 2.45) is 4.40 Å². The summed E-state index contributed by atoms with van der Waals surface area (Å²) in [6.07, 6.45) is -3.48. The minimum Gasteiger partial charge on any atom is -0.354 e. The molecule has 2 aromatic rings. The average Bonchev–Trinajstić information content (AvgIpc) is 2.95. The second-order valence-electron chi connectivity index (χ2n) is 6.04. The molecule has 0 saturated carbocycles. The number of halogens is 3. The Labute approximate surface area is 139 Å². The molecule has 5 nitrogen and oxygen atoms in total. The fourth-order valence-corrected chi connectivity index (χ4v) is 2.25. The van der Waals surface area contributed by atoms with Crippen LogP contribution in [-0.4, -0.2) is 24.8 Å². The van der Waals surface area contributed by atoms with Gasteiger partial charge < -0.3 is 4.52 Å². The maximum absolute atomic E-state index is 12.7. The van der Waals surface area contributed by atoms with E-state index >= 15 is 0 Å². The zero-order chi connectivity index (χ0) is 18.1. The Balaban J connectivity index is 2.32. The van der Waals surface area contributed by atoms with Gasteiger partial charge in [0.1, 0.15) is 22.4 Å². The van der Waals surface area contributed by atoms with Gasteiger partial charge in [-0.2, -0.15) is 17.6 Å². The summed E-state index contributed by atoms with van der Waals surface area (Å²) in [5.74, 6) is 0.243. The number of alkyl halides is 3. The molecule has 9 heteroatoms. The number of aromatic nitrogens is 2. The molecule has 0 aliphatic carbocycles. The minimum absolute atomic E-state index is 0.217. The zero-order valence-electron chi connectivity index (χ0n) is 13.5. The number of rotatable bonds is 3. The fraction of sp³-hybridized carbons (Fsp3) is 0.400. The van der Waals surface area contributed by atoms with E-state index in [2.05, 4.69) is 14.5 Å². The number of hydrogen-bond donors (Lipinski definition) is 0. The Hall–Kier alpha value is -2.03. The summed E-state index contributed by atoms with van der Waals surface area (Å²) in [4.78, 5) is 3.30. The van der Waals surface area contributed by atoms with E-state index in [4.69, 9.17) is 4.52 Å². The Morgan fingerprint density at radius 3 is 2.50 bits per heavy atom. The highest BCUT2D eigenvalue weighted by molar-refractivity contribution is 7.85. The molecule has 130 valence electrons. The molecule has 0 aromatic carbocycles. The van der Waals surface area contributed by atoms with Gasteiger partial charge in [0, 0.05) is 17.8 Å².